The van der Waals surface area contributed by atoms with Gasteiger partial charge in [0.05, 0.1) is 60.0 Å². The second-order valence-electron chi connectivity index (χ2n) is 43.2. The first kappa shape index (κ1) is 107. The lowest BCUT2D eigenvalue weighted by atomic mass is 9.77. The van der Waals surface area contributed by atoms with Crippen molar-refractivity contribution in [3.63, 3.8) is 0 Å². The summed E-state index contributed by atoms with van der Waals surface area (Å²) in [4.78, 5) is 153. The van der Waals surface area contributed by atoms with Gasteiger partial charge in [-0.2, -0.15) is 0 Å². The first-order valence-corrected chi connectivity index (χ1v) is 52.0. The molecule has 138 heavy (non-hydrogen) atoms. The van der Waals surface area contributed by atoms with E-state index in [1.54, 1.807) is 94.0 Å². The van der Waals surface area contributed by atoms with Crippen LogP contribution in [0.25, 0.3) is 41.8 Å². The van der Waals surface area contributed by atoms with Crippen LogP contribution in [-0.2, 0) is 0 Å². The Hall–Kier alpha value is -10.1. The highest BCUT2D eigenvalue weighted by atomic mass is 32.1. The molecule has 4 aliphatic heterocycles. The van der Waals surface area contributed by atoms with Crippen LogP contribution in [0.1, 0.15) is 346 Å². The van der Waals surface area contributed by atoms with Crippen LogP contribution < -0.4 is 42.5 Å². The van der Waals surface area contributed by atoms with E-state index in [1.165, 1.54) is 71.0 Å². The second-order valence-corrected chi connectivity index (χ2v) is 47.2. The lowest BCUT2D eigenvalue weighted by molar-refractivity contribution is -0.0367. The van der Waals surface area contributed by atoms with Gasteiger partial charge in [-0.15, -0.1) is 45.3 Å². The fourth-order valence-electron chi connectivity index (χ4n) is 17.3. The summed E-state index contributed by atoms with van der Waals surface area (Å²) in [5, 5.41) is 66.6. The molecule has 32 nitrogen and oxygen atoms in total. The minimum Gasteiger partial charge on any atom is -0.390 e. The van der Waals surface area contributed by atoms with E-state index in [0.29, 0.717) is 99.5 Å². The zero-order chi connectivity index (χ0) is 101. The van der Waals surface area contributed by atoms with Gasteiger partial charge in [0, 0.05) is 127 Å². The van der Waals surface area contributed by atoms with E-state index in [1.807, 2.05) is 99.3 Å². The molecule has 8 amide bonds. The molecule has 0 unspecified atom stereocenters. The molecule has 9 atom stereocenters. The third-order valence-corrected chi connectivity index (χ3v) is 31.5. The summed E-state index contributed by atoms with van der Waals surface area (Å²) in [6, 6.07) is 7.66. The quantitative estimate of drug-likeness (QED) is 0.0227. The molecular formula is C102H146N20O12S4. The SMILES string of the molecule is Cc1cc(NC(C)(C)C)ncc1-c1sc(C(=O)NC2CC(C)(O)C2)nc1C(=O)N1CCC[C@@H]1C.Cc1cc(NC(C)(C)C)ncc1-c1sc(C(=O)N[C@@H](C)C(C)(C)O)nc1C(=O)N1CCC[C@@H]1C.Cc1cc(N[C@@H](C)C2CC2)ncc1-c1sc(C(=O)N[C@@H](C)C(C)(C)O)nc1C(=O)N1CCC[C@@H]1C.Cc1cc(N[C@@H](C)C2CC2)ncc1-c1sc(C(=O)N[C@H](C)C(C)(C)O)nc1C(=O)N1CCC[C@@H]1C. The number of thiazole rings is 4. The summed E-state index contributed by atoms with van der Waals surface area (Å²) in [5.74, 6) is 2.41. The summed E-state index contributed by atoms with van der Waals surface area (Å²) in [5.41, 5.74) is 3.94. The maximum atomic E-state index is 13.5. The normalized spacial score (nSPS) is 20.5. The molecule has 750 valence electrons. The summed E-state index contributed by atoms with van der Waals surface area (Å²) < 4.78 is 0. The number of likely N-dealkylation sites (tertiary alicyclic amines) is 4. The third kappa shape index (κ3) is 27.0. The zero-order valence-electron chi connectivity index (χ0n) is 85.3. The van der Waals surface area contributed by atoms with E-state index in [-0.39, 0.29) is 96.5 Å². The number of aryl methyl sites for hydroxylation is 4. The molecule has 0 aromatic carbocycles. The largest absolute Gasteiger partial charge is 0.390 e. The molecule has 7 fully saturated rings. The highest BCUT2D eigenvalue weighted by molar-refractivity contribution is 7.18. The van der Waals surface area contributed by atoms with Crippen LogP contribution in [0.15, 0.2) is 49.1 Å². The third-order valence-electron chi connectivity index (χ3n) is 27.1. The average molecular weight is 1970 g/mol. The maximum absolute atomic E-state index is 13.5. The number of aliphatic hydroxyl groups is 4. The van der Waals surface area contributed by atoms with E-state index in [4.69, 9.17) is 0 Å². The van der Waals surface area contributed by atoms with Crippen LogP contribution in [0, 0.1) is 39.5 Å². The molecule has 8 aromatic heterocycles. The summed E-state index contributed by atoms with van der Waals surface area (Å²) >= 11 is 4.80. The van der Waals surface area contributed by atoms with Gasteiger partial charge in [-0.25, -0.2) is 39.9 Å². The fourth-order valence-corrected chi connectivity index (χ4v) is 21.4. The highest BCUT2D eigenvalue weighted by Gasteiger charge is 2.43. The number of rotatable bonds is 27. The topological polar surface area (TPSA) is 430 Å². The lowest BCUT2D eigenvalue weighted by Crippen LogP contribution is -2.53. The Labute approximate surface area is 829 Å². The van der Waals surface area contributed by atoms with Crippen molar-refractivity contribution in [1.29, 1.82) is 0 Å². The number of carbonyl (C=O) groups excluding carboxylic acids is 8. The van der Waals surface area contributed by atoms with Crippen molar-refractivity contribution in [1.82, 2.24) is 80.7 Å². The Morgan fingerprint density at radius 3 is 0.833 bits per heavy atom. The minimum absolute atomic E-state index is 0.0845. The van der Waals surface area contributed by atoms with Gasteiger partial charge in [0.1, 0.15) is 46.0 Å². The molecule has 3 saturated carbocycles. The van der Waals surface area contributed by atoms with Crippen LogP contribution in [0.2, 0.25) is 0 Å². The zero-order valence-corrected chi connectivity index (χ0v) is 88.6. The first-order chi connectivity index (χ1) is 64.4. The van der Waals surface area contributed by atoms with Gasteiger partial charge < -0.3 is 82.6 Å². The molecular weight excluding hydrogens is 1830 g/mol. The molecule has 12 heterocycles. The van der Waals surface area contributed by atoms with Gasteiger partial charge in [0.25, 0.3) is 47.3 Å². The smallest absolute Gasteiger partial charge is 0.280 e. The number of nitrogens with one attached hydrogen (secondary N) is 8. The van der Waals surface area contributed by atoms with Crippen molar-refractivity contribution in [2.75, 3.05) is 47.4 Å². The lowest BCUT2D eigenvalue weighted by Gasteiger charge is -2.40. The molecule has 8 aromatic rings. The van der Waals surface area contributed by atoms with E-state index >= 15 is 0 Å². The highest BCUT2D eigenvalue weighted by Crippen LogP contribution is 2.44. The molecule has 3 aliphatic carbocycles. The van der Waals surface area contributed by atoms with E-state index in [2.05, 4.69) is 138 Å². The molecule has 0 radical (unpaired) electrons. The van der Waals surface area contributed by atoms with Gasteiger partial charge in [0.2, 0.25) is 0 Å². The first-order valence-electron chi connectivity index (χ1n) is 48.8. The minimum atomic E-state index is -1.09. The molecule has 0 bridgehead atoms. The fraction of sp³-hybridized carbons (Fsp3) is 0.608. The van der Waals surface area contributed by atoms with Crippen molar-refractivity contribution in [3.05, 3.63) is 114 Å². The van der Waals surface area contributed by atoms with Gasteiger partial charge in [-0.05, 0) is 328 Å². The number of hydrogen-bond donors (Lipinski definition) is 12. The van der Waals surface area contributed by atoms with Crippen LogP contribution in [0.3, 0.4) is 0 Å². The molecule has 12 N–H and O–H groups in total. The van der Waals surface area contributed by atoms with E-state index in [0.717, 1.165) is 119 Å². The Balaban J connectivity index is 0.000000165. The van der Waals surface area contributed by atoms with Gasteiger partial charge in [-0.1, -0.05) is 0 Å². The number of pyridine rings is 4. The number of anilines is 4. The van der Waals surface area contributed by atoms with Crippen molar-refractivity contribution in [2.24, 2.45) is 11.8 Å². The Kier molecular flexibility index (Phi) is 33.4. The standard InChI is InChI=1S/2C26H37N5O3S.C25H35N5O3S.C25H37N5O3S/c2*1-14-12-20(28-16(3)18-9-10-18)27-13-19(14)22-21(25(33)31-11-7-8-15(31)2)30-24(35-22)23(32)29-17(4)26(5,6)34;1-14-10-18(29-24(3,4)5)26-13-17(14)20-19(23(32)30-9-7-8-15(30)2)28-22(34-20)21(31)27-16-11-25(6,33)12-16;1-14-12-18(29-24(4,5)6)26-13-17(14)20-19(23(32)30-11-9-10-15(30)2)28-22(34-20)21(31)27-16(3)25(7,8)33/h2*12-13,15-18,34H,7-11H2,1-6H3,(H,27,28)(H,29,32);10,13,15-16,33H,7-9,11-12H2,1-6H3,(H,26,29)(H,27,31);12-13,15-16,33H,9-11H2,1-8H3,(H,26,29)(H,27,31)/t15-,16-,17+;15-,16-,17-;15-,16?,25?;15-,16-/m0000/s1. The van der Waals surface area contributed by atoms with E-state index < -0.39 is 58.3 Å². The average Bonchev–Trinajstić information content (AvgIpc) is 1.64. The predicted molar refractivity (Wildman–Crippen MR) is 548 cm³/mol. The van der Waals surface area contributed by atoms with Crippen molar-refractivity contribution >= 4 is 116 Å². The number of carbonyl (C=O) groups is 8. The van der Waals surface area contributed by atoms with Gasteiger partial charge in [0.15, 0.2) is 20.0 Å². The number of aromatic nitrogens is 8. The molecule has 4 saturated heterocycles. The van der Waals surface area contributed by atoms with Crippen LogP contribution in [0.5, 0.6) is 0 Å². The molecule has 15 rings (SSSR count). The van der Waals surface area contributed by atoms with Crippen molar-refractivity contribution in [3.8, 4) is 41.8 Å². The maximum Gasteiger partial charge on any atom is 0.280 e. The monoisotopic (exact) mass is 1970 g/mol. The predicted octanol–water partition coefficient (Wildman–Crippen LogP) is 16.7. The molecule has 7 aliphatic rings. The Morgan fingerprint density at radius 2 is 0.623 bits per heavy atom. The second kappa shape index (κ2) is 43.2. The summed E-state index contributed by atoms with van der Waals surface area (Å²) in [6.07, 6.45) is 20.8. The van der Waals surface area contributed by atoms with E-state index in [9.17, 15) is 58.8 Å². The summed E-state index contributed by atoms with van der Waals surface area (Å²) in [7, 11) is 0. The Morgan fingerprint density at radius 1 is 0.384 bits per heavy atom. The van der Waals surface area contributed by atoms with Crippen molar-refractivity contribution in [2.45, 2.75) is 364 Å². The van der Waals surface area contributed by atoms with Gasteiger partial charge >= 0.3 is 0 Å². The van der Waals surface area contributed by atoms with Gasteiger partial charge in [-0.3, -0.25) is 38.4 Å². The number of nitrogens with zero attached hydrogens (tertiary/aromatic N) is 12. The molecule has 0 spiro atoms. The van der Waals surface area contributed by atoms with Crippen molar-refractivity contribution < 1.29 is 58.8 Å². The van der Waals surface area contributed by atoms with Crippen LogP contribution in [-0.4, -0.2) is 247 Å². The Bertz CT molecular complexity index is 5580. The number of amides is 8. The van der Waals surface area contributed by atoms with Crippen LogP contribution in [0.4, 0.5) is 23.3 Å². The molecule has 36 heteroatoms. The summed E-state index contributed by atoms with van der Waals surface area (Å²) in [6.45, 7) is 52.5. The van der Waals surface area contributed by atoms with Crippen LogP contribution >= 0.6 is 45.3 Å². The number of hydrogen-bond acceptors (Lipinski definition) is 28.